The molecule has 104 valence electrons. The summed E-state index contributed by atoms with van der Waals surface area (Å²) < 4.78 is 5.26. The normalized spacial score (nSPS) is 18.8. The number of piperazine rings is 1. The minimum Gasteiger partial charge on any atom is -0.444 e. The molecule has 1 saturated heterocycles. The molecule has 5 heteroatoms. The van der Waals surface area contributed by atoms with E-state index < -0.39 is 11.7 Å². The van der Waals surface area contributed by atoms with Gasteiger partial charge in [0.05, 0.1) is 0 Å². The summed E-state index contributed by atoms with van der Waals surface area (Å²) in [5.74, 6) is 0.00135. The van der Waals surface area contributed by atoms with Gasteiger partial charge in [-0.25, -0.2) is 4.79 Å². The fourth-order valence-corrected chi connectivity index (χ4v) is 1.86. The van der Waals surface area contributed by atoms with Crippen LogP contribution in [-0.4, -0.2) is 53.1 Å². The van der Waals surface area contributed by atoms with Gasteiger partial charge < -0.3 is 9.64 Å². The quantitative estimate of drug-likeness (QED) is 0.757. The summed E-state index contributed by atoms with van der Waals surface area (Å²) >= 11 is 0. The van der Waals surface area contributed by atoms with Crippen LogP contribution in [0.2, 0.25) is 0 Å². The lowest BCUT2D eigenvalue weighted by atomic mass is 10.2. The van der Waals surface area contributed by atoms with Crippen molar-refractivity contribution < 1.29 is 14.3 Å². The van der Waals surface area contributed by atoms with Gasteiger partial charge in [0.2, 0.25) is 5.91 Å². The molecule has 1 heterocycles. The lowest BCUT2D eigenvalue weighted by Crippen LogP contribution is -2.55. The molecule has 18 heavy (non-hydrogen) atoms. The maximum absolute atomic E-state index is 12.0. The van der Waals surface area contributed by atoms with Gasteiger partial charge in [0.1, 0.15) is 12.1 Å². The predicted octanol–water partition coefficient (Wildman–Crippen LogP) is 1.86. The summed E-state index contributed by atoms with van der Waals surface area (Å²) in [7, 11) is 0. The van der Waals surface area contributed by atoms with E-state index in [1.54, 1.807) is 0 Å². The number of carbonyl (C=O) groups is 2. The van der Waals surface area contributed by atoms with Crippen molar-refractivity contribution in [2.75, 3.05) is 19.6 Å². The maximum Gasteiger partial charge on any atom is 0.410 e. The Kier molecular flexibility index (Phi) is 4.59. The highest BCUT2D eigenvalue weighted by atomic mass is 16.6. The van der Waals surface area contributed by atoms with Crippen molar-refractivity contribution in [3.63, 3.8) is 0 Å². The molecule has 0 aliphatic carbocycles. The molecule has 0 aromatic rings. The minimum atomic E-state index is -0.520. The van der Waals surface area contributed by atoms with Crippen LogP contribution in [-0.2, 0) is 9.53 Å². The standard InChI is InChI=1S/C13H24N2O3/c1-6-10(2)15-8-7-14(9-11(15)16)12(17)18-13(3,4)5/h10H,6-9H2,1-5H3/t10-/m0/s1. The first-order chi connectivity index (χ1) is 8.24. The molecule has 5 nitrogen and oxygen atoms in total. The minimum absolute atomic E-state index is 0.00135. The van der Waals surface area contributed by atoms with Crippen LogP contribution >= 0.6 is 0 Å². The smallest absolute Gasteiger partial charge is 0.410 e. The highest BCUT2D eigenvalue weighted by Gasteiger charge is 2.31. The maximum atomic E-state index is 12.0. The molecule has 1 rings (SSSR count). The van der Waals surface area contributed by atoms with Crippen molar-refractivity contribution in [1.29, 1.82) is 0 Å². The fraction of sp³-hybridized carbons (Fsp3) is 0.846. The molecule has 1 aliphatic heterocycles. The number of rotatable bonds is 2. The number of carbonyl (C=O) groups excluding carboxylic acids is 2. The summed E-state index contributed by atoms with van der Waals surface area (Å²) in [6.07, 6.45) is 0.526. The SMILES string of the molecule is CC[C@H](C)N1CCN(C(=O)OC(C)(C)C)CC1=O. The van der Waals surface area contributed by atoms with E-state index in [4.69, 9.17) is 4.74 Å². The molecule has 0 unspecified atom stereocenters. The fourth-order valence-electron chi connectivity index (χ4n) is 1.86. The second-order valence-corrected chi connectivity index (χ2v) is 5.75. The van der Waals surface area contributed by atoms with Crippen LogP contribution in [0.1, 0.15) is 41.0 Å². The van der Waals surface area contributed by atoms with Gasteiger partial charge >= 0.3 is 6.09 Å². The molecule has 0 N–H and O–H groups in total. The summed E-state index contributed by atoms with van der Waals surface area (Å²) in [6, 6.07) is 0.235. The van der Waals surface area contributed by atoms with Crippen molar-refractivity contribution in [3.05, 3.63) is 0 Å². The monoisotopic (exact) mass is 256 g/mol. The summed E-state index contributed by atoms with van der Waals surface area (Å²) in [6.45, 7) is 10.8. The van der Waals surface area contributed by atoms with Gasteiger partial charge in [-0.15, -0.1) is 0 Å². The van der Waals surface area contributed by atoms with Crippen molar-refractivity contribution in [1.82, 2.24) is 9.80 Å². The van der Waals surface area contributed by atoms with Gasteiger partial charge in [-0.05, 0) is 34.1 Å². The van der Waals surface area contributed by atoms with E-state index in [0.717, 1.165) is 6.42 Å². The van der Waals surface area contributed by atoms with Crippen molar-refractivity contribution >= 4 is 12.0 Å². The average Bonchev–Trinajstić information content (AvgIpc) is 2.25. The van der Waals surface area contributed by atoms with E-state index in [0.29, 0.717) is 13.1 Å². The van der Waals surface area contributed by atoms with Crippen LogP contribution in [0.5, 0.6) is 0 Å². The number of hydrogen-bond donors (Lipinski definition) is 0. The lowest BCUT2D eigenvalue weighted by Gasteiger charge is -2.37. The van der Waals surface area contributed by atoms with E-state index in [1.165, 1.54) is 4.90 Å². The first kappa shape index (κ1) is 14.8. The second kappa shape index (κ2) is 5.59. The van der Waals surface area contributed by atoms with Crippen molar-refractivity contribution in [2.45, 2.75) is 52.7 Å². The molecule has 0 spiro atoms. The third-order valence-electron chi connectivity index (χ3n) is 3.03. The summed E-state index contributed by atoms with van der Waals surface area (Å²) in [5.41, 5.74) is -0.520. The number of ether oxygens (including phenoxy) is 1. The zero-order valence-electron chi connectivity index (χ0n) is 12.0. The Hall–Kier alpha value is -1.26. The Morgan fingerprint density at radius 2 is 2.00 bits per heavy atom. The highest BCUT2D eigenvalue weighted by molar-refractivity contribution is 5.83. The van der Waals surface area contributed by atoms with Crippen LogP contribution < -0.4 is 0 Å². The lowest BCUT2D eigenvalue weighted by molar-refractivity contribution is -0.138. The van der Waals surface area contributed by atoms with Gasteiger partial charge in [-0.3, -0.25) is 9.69 Å². The zero-order valence-corrected chi connectivity index (χ0v) is 12.0. The van der Waals surface area contributed by atoms with E-state index in [1.807, 2.05) is 32.6 Å². The van der Waals surface area contributed by atoms with E-state index in [9.17, 15) is 9.59 Å². The van der Waals surface area contributed by atoms with Crippen molar-refractivity contribution in [3.8, 4) is 0 Å². The summed E-state index contributed by atoms with van der Waals surface area (Å²) in [4.78, 5) is 27.1. The van der Waals surface area contributed by atoms with E-state index in [-0.39, 0.29) is 18.5 Å². The second-order valence-electron chi connectivity index (χ2n) is 5.75. The average molecular weight is 256 g/mol. The third-order valence-corrected chi connectivity index (χ3v) is 3.03. The number of amides is 2. The van der Waals surface area contributed by atoms with Gasteiger partial charge in [0.25, 0.3) is 0 Å². The molecule has 0 radical (unpaired) electrons. The third kappa shape index (κ3) is 3.89. The van der Waals surface area contributed by atoms with Crippen LogP contribution in [0, 0.1) is 0 Å². The number of hydrogen-bond acceptors (Lipinski definition) is 3. The Balaban J connectivity index is 2.56. The molecule has 1 fully saturated rings. The largest absolute Gasteiger partial charge is 0.444 e. The molecule has 2 amide bonds. The zero-order chi connectivity index (χ0) is 13.9. The molecule has 0 bridgehead atoms. The Bertz CT molecular complexity index is 323. The van der Waals surface area contributed by atoms with Crippen LogP contribution in [0.4, 0.5) is 4.79 Å². The molecule has 0 aromatic heterocycles. The van der Waals surface area contributed by atoms with Gasteiger partial charge in [0.15, 0.2) is 0 Å². The van der Waals surface area contributed by atoms with E-state index in [2.05, 4.69) is 6.92 Å². The topological polar surface area (TPSA) is 49.9 Å². The first-order valence-corrected chi connectivity index (χ1v) is 6.52. The molecular weight excluding hydrogens is 232 g/mol. The van der Waals surface area contributed by atoms with Gasteiger partial charge in [0, 0.05) is 19.1 Å². The van der Waals surface area contributed by atoms with Gasteiger partial charge in [-0.1, -0.05) is 6.92 Å². The van der Waals surface area contributed by atoms with Gasteiger partial charge in [-0.2, -0.15) is 0 Å². The molecule has 0 saturated carbocycles. The molecular formula is C13H24N2O3. The molecule has 1 atom stereocenters. The molecule has 0 aromatic carbocycles. The Morgan fingerprint density at radius 1 is 1.39 bits per heavy atom. The summed E-state index contributed by atoms with van der Waals surface area (Å²) in [5, 5.41) is 0. The van der Waals surface area contributed by atoms with Crippen LogP contribution in [0.25, 0.3) is 0 Å². The highest BCUT2D eigenvalue weighted by Crippen LogP contribution is 2.14. The predicted molar refractivity (Wildman–Crippen MR) is 69.3 cm³/mol. The molecule has 1 aliphatic rings. The van der Waals surface area contributed by atoms with E-state index >= 15 is 0 Å². The van der Waals surface area contributed by atoms with Crippen LogP contribution in [0.15, 0.2) is 0 Å². The Labute approximate surface area is 109 Å². The first-order valence-electron chi connectivity index (χ1n) is 6.52. The Morgan fingerprint density at radius 3 is 2.44 bits per heavy atom. The van der Waals surface area contributed by atoms with Crippen LogP contribution in [0.3, 0.4) is 0 Å². The number of nitrogens with zero attached hydrogens (tertiary/aromatic N) is 2. The van der Waals surface area contributed by atoms with Crippen molar-refractivity contribution in [2.24, 2.45) is 0 Å².